The highest BCUT2D eigenvalue weighted by Gasteiger charge is 2.33. The van der Waals surface area contributed by atoms with Crippen molar-refractivity contribution in [3.8, 4) is 0 Å². The Morgan fingerprint density at radius 2 is 2.45 bits per heavy atom. The van der Waals surface area contributed by atoms with E-state index in [1.54, 1.807) is 0 Å². The second-order valence-corrected chi connectivity index (χ2v) is 3.39. The van der Waals surface area contributed by atoms with Crippen LogP contribution in [0.3, 0.4) is 0 Å². The summed E-state index contributed by atoms with van der Waals surface area (Å²) >= 11 is 0. The molecule has 0 saturated carbocycles. The average molecular weight is 155 g/mol. The fraction of sp³-hybridized carbons (Fsp3) is 0.875. The Morgan fingerprint density at radius 3 is 2.91 bits per heavy atom. The lowest BCUT2D eigenvalue weighted by atomic mass is 10.2. The number of nitrogens with zero attached hydrogens (tertiary/aromatic N) is 1. The van der Waals surface area contributed by atoms with Crippen molar-refractivity contribution < 1.29 is 9.53 Å². The molecule has 0 bridgehead atoms. The van der Waals surface area contributed by atoms with Crippen molar-refractivity contribution in [2.24, 2.45) is 0 Å². The van der Waals surface area contributed by atoms with Gasteiger partial charge in [-0.15, -0.1) is 0 Å². The van der Waals surface area contributed by atoms with E-state index in [0.29, 0.717) is 18.1 Å². The van der Waals surface area contributed by atoms with E-state index in [0.717, 1.165) is 26.0 Å². The molecule has 0 aromatic heterocycles. The molecule has 1 amide bonds. The molecule has 1 unspecified atom stereocenters. The molecule has 11 heavy (non-hydrogen) atoms. The third kappa shape index (κ3) is 1.38. The molecule has 62 valence electrons. The molecule has 0 aliphatic carbocycles. The monoisotopic (exact) mass is 155 g/mol. The molecule has 2 rings (SSSR count). The number of rotatable bonds is 2. The molecule has 0 aromatic carbocycles. The molecule has 0 radical (unpaired) electrons. The van der Waals surface area contributed by atoms with Gasteiger partial charge in [0.25, 0.3) is 0 Å². The van der Waals surface area contributed by atoms with E-state index in [4.69, 9.17) is 4.74 Å². The lowest BCUT2D eigenvalue weighted by Crippen LogP contribution is -2.34. The largest absolute Gasteiger partial charge is 0.371 e. The van der Waals surface area contributed by atoms with Crippen molar-refractivity contribution in [1.82, 2.24) is 4.90 Å². The van der Waals surface area contributed by atoms with Crippen LogP contribution in [0.4, 0.5) is 0 Å². The van der Waals surface area contributed by atoms with E-state index in [9.17, 15) is 4.79 Å². The van der Waals surface area contributed by atoms with Crippen molar-refractivity contribution in [1.29, 1.82) is 0 Å². The molecule has 2 heterocycles. The maximum atomic E-state index is 11.2. The number of amides is 1. The number of ether oxygens (including phenoxy) is 1. The van der Waals surface area contributed by atoms with Crippen LogP contribution in [0.1, 0.15) is 19.8 Å². The first-order valence-electron chi connectivity index (χ1n) is 4.18. The first-order chi connectivity index (χ1) is 5.27. The molecule has 2 atom stereocenters. The molecule has 3 nitrogen and oxygen atoms in total. The smallest absolute Gasteiger partial charge is 0.222 e. The van der Waals surface area contributed by atoms with Crippen LogP contribution in [0.15, 0.2) is 0 Å². The summed E-state index contributed by atoms with van der Waals surface area (Å²) in [5.74, 6) is 0.299. The van der Waals surface area contributed by atoms with Gasteiger partial charge in [0.15, 0.2) is 0 Å². The zero-order valence-corrected chi connectivity index (χ0v) is 6.75. The second-order valence-electron chi connectivity index (χ2n) is 3.39. The summed E-state index contributed by atoms with van der Waals surface area (Å²) in [6.45, 7) is 3.77. The molecule has 2 aliphatic rings. The first-order valence-corrected chi connectivity index (χ1v) is 4.18. The fourth-order valence-electron chi connectivity index (χ4n) is 1.55. The van der Waals surface area contributed by atoms with E-state index >= 15 is 0 Å². The van der Waals surface area contributed by atoms with Crippen molar-refractivity contribution in [3.05, 3.63) is 0 Å². The van der Waals surface area contributed by atoms with Crippen molar-refractivity contribution in [2.45, 2.75) is 31.9 Å². The minimum atomic E-state index is 0.299. The lowest BCUT2D eigenvalue weighted by Gasteiger charge is -2.19. The SMILES string of the molecule is CC1CCC(=O)N1C[C@@H]1CO1. The standard InChI is InChI=1S/C8H13NO2/c1-6-2-3-8(10)9(6)4-7-5-11-7/h6-7H,2-5H2,1H3/t6?,7-/m1/s1. The quantitative estimate of drug-likeness (QED) is 0.541. The van der Waals surface area contributed by atoms with Gasteiger partial charge in [-0.3, -0.25) is 4.79 Å². The second kappa shape index (κ2) is 2.48. The molecular formula is C8H13NO2. The molecule has 2 fully saturated rings. The Balaban J connectivity index is 1.92. The van der Waals surface area contributed by atoms with Crippen LogP contribution in [0, 0.1) is 0 Å². The van der Waals surface area contributed by atoms with Gasteiger partial charge in [-0.2, -0.15) is 0 Å². The van der Waals surface area contributed by atoms with E-state index in [1.807, 2.05) is 4.90 Å². The van der Waals surface area contributed by atoms with Crippen molar-refractivity contribution in [2.75, 3.05) is 13.2 Å². The van der Waals surface area contributed by atoms with Gasteiger partial charge in [-0.05, 0) is 13.3 Å². The van der Waals surface area contributed by atoms with Crippen molar-refractivity contribution >= 4 is 5.91 Å². The molecule has 2 aliphatic heterocycles. The summed E-state index contributed by atoms with van der Waals surface area (Å²) in [6.07, 6.45) is 2.10. The van der Waals surface area contributed by atoms with Crippen LogP contribution in [-0.4, -0.2) is 36.1 Å². The van der Waals surface area contributed by atoms with E-state index in [1.165, 1.54) is 0 Å². The molecule has 0 spiro atoms. The summed E-state index contributed by atoms with van der Waals surface area (Å²) < 4.78 is 5.07. The summed E-state index contributed by atoms with van der Waals surface area (Å²) in [7, 11) is 0. The van der Waals surface area contributed by atoms with Crippen LogP contribution in [0.5, 0.6) is 0 Å². The highest BCUT2D eigenvalue weighted by Crippen LogP contribution is 2.21. The van der Waals surface area contributed by atoms with E-state index < -0.39 is 0 Å². The van der Waals surface area contributed by atoms with Gasteiger partial charge in [-0.25, -0.2) is 0 Å². The van der Waals surface area contributed by atoms with Gasteiger partial charge in [0.2, 0.25) is 5.91 Å². The van der Waals surface area contributed by atoms with Crippen LogP contribution in [-0.2, 0) is 9.53 Å². The van der Waals surface area contributed by atoms with Gasteiger partial charge in [0.1, 0.15) is 0 Å². The number of likely N-dealkylation sites (tertiary alicyclic amines) is 1. The average Bonchev–Trinajstić information content (AvgIpc) is 2.73. The topological polar surface area (TPSA) is 32.8 Å². The van der Waals surface area contributed by atoms with Crippen molar-refractivity contribution in [3.63, 3.8) is 0 Å². The summed E-state index contributed by atoms with van der Waals surface area (Å²) in [6, 6.07) is 0.437. The van der Waals surface area contributed by atoms with Gasteiger partial charge in [0.05, 0.1) is 12.7 Å². The first kappa shape index (κ1) is 7.10. The van der Waals surface area contributed by atoms with Gasteiger partial charge in [0, 0.05) is 19.0 Å². The van der Waals surface area contributed by atoms with Gasteiger partial charge < -0.3 is 9.64 Å². The van der Waals surface area contributed by atoms with Crippen LogP contribution >= 0.6 is 0 Å². The van der Waals surface area contributed by atoms with E-state index in [2.05, 4.69) is 6.92 Å². The van der Waals surface area contributed by atoms with Gasteiger partial charge >= 0.3 is 0 Å². The van der Waals surface area contributed by atoms with E-state index in [-0.39, 0.29) is 0 Å². The Bertz CT molecular complexity index is 177. The Kier molecular flexibility index (Phi) is 1.60. The predicted molar refractivity (Wildman–Crippen MR) is 40.1 cm³/mol. The predicted octanol–water partition coefficient (Wildman–Crippen LogP) is 0.396. The maximum absolute atomic E-state index is 11.2. The molecule has 0 N–H and O–H groups in total. The molecular weight excluding hydrogens is 142 g/mol. The number of carbonyl (C=O) groups is 1. The molecule has 0 aromatic rings. The lowest BCUT2D eigenvalue weighted by molar-refractivity contribution is -0.128. The minimum Gasteiger partial charge on any atom is -0.371 e. The van der Waals surface area contributed by atoms with Gasteiger partial charge in [-0.1, -0.05) is 0 Å². The summed E-state index contributed by atoms with van der Waals surface area (Å²) in [5.41, 5.74) is 0. The normalized spacial score (nSPS) is 36.5. The minimum absolute atomic E-state index is 0.299. The highest BCUT2D eigenvalue weighted by atomic mass is 16.6. The molecule has 2 saturated heterocycles. The zero-order chi connectivity index (χ0) is 7.84. The summed E-state index contributed by atoms with van der Waals surface area (Å²) in [4.78, 5) is 13.2. The van der Waals surface area contributed by atoms with Crippen LogP contribution < -0.4 is 0 Å². The third-order valence-electron chi connectivity index (χ3n) is 2.43. The van der Waals surface area contributed by atoms with Crippen LogP contribution in [0.25, 0.3) is 0 Å². The highest BCUT2D eigenvalue weighted by molar-refractivity contribution is 5.78. The van der Waals surface area contributed by atoms with Crippen LogP contribution in [0.2, 0.25) is 0 Å². The number of carbonyl (C=O) groups excluding carboxylic acids is 1. The molecule has 3 heteroatoms. The zero-order valence-electron chi connectivity index (χ0n) is 6.75. The fourth-order valence-corrected chi connectivity index (χ4v) is 1.55. The maximum Gasteiger partial charge on any atom is 0.222 e. The number of hydrogen-bond donors (Lipinski definition) is 0. The number of hydrogen-bond acceptors (Lipinski definition) is 2. The number of epoxide rings is 1. The summed E-state index contributed by atoms with van der Waals surface area (Å²) in [5, 5.41) is 0. The third-order valence-corrected chi connectivity index (χ3v) is 2.43. The Morgan fingerprint density at radius 1 is 1.73 bits per heavy atom. The Hall–Kier alpha value is -0.570. The Labute approximate surface area is 66.3 Å².